The van der Waals surface area contributed by atoms with Gasteiger partial charge in [0.15, 0.2) is 0 Å². The maximum Gasteiger partial charge on any atom is 0.125 e. The van der Waals surface area contributed by atoms with E-state index < -0.39 is 0 Å². The van der Waals surface area contributed by atoms with Gasteiger partial charge in [0.2, 0.25) is 0 Å². The van der Waals surface area contributed by atoms with Gasteiger partial charge >= 0.3 is 0 Å². The topological polar surface area (TPSA) is 55.4 Å². The molecule has 1 aliphatic rings. The molecule has 6 nitrogen and oxygen atoms in total. The van der Waals surface area contributed by atoms with Crippen molar-refractivity contribution in [1.29, 1.82) is 0 Å². The number of hydrogen-bond acceptors (Lipinski definition) is 6. The molecule has 0 N–H and O–H groups in total. The maximum atomic E-state index is 6.59. The van der Waals surface area contributed by atoms with Crippen LogP contribution in [0.15, 0.2) is 72.8 Å². The van der Waals surface area contributed by atoms with Gasteiger partial charge < -0.3 is 28.4 Å². The highest BCUT2D eigenvalue weighted by Gasteiger charge is 2.30. The maximum absolute atomic E-state index is 6.59. The lowest BCUT2D eigenvalue weighted by Crippen LogP contribution is -2.16. The number of fused-ring (bicyclic) bond motifs is 12. The van der Waals surface area contributed by atoms with Crippen molar-refractivity contribution in [3.8, 4) is 34.5 Å². The summed E-state index contributed by atoms with van der Waals surface area (Å²) in [4.78, 5) is 0. The molecule has 1 aliphatic carbocycles. The summed E-state index contributed by atoms with van der Waals surface area (Å²) in [6.45, 7) is 41.6. The van der Waals surface area contributed by atoms with Crippen molar-refractivity contribution in [2.75, 3.05) is 42.7 Å². The van der Waals surface area contributed by atoms with Gasteiger partial charge in [0, 0.05) is 19.3 Å². The summed E-state index contributed by atoms with van der Waals surface area (Å²) in [6, 6.07) is 28.6. The molecule has 12 bridgehead atoms. The number of ether oxygens (including phenoxy) is 6. The van der Waals surface area contributed by atoms with Crippen LogP contribution in [0.2, 0.25) is 0 Å². The first kappa shape index (κ1) is 62.7. The van der Waals surface area contributed by atoms with Crippen molar-refractivity contribution in [3.63, 3.8) is 0 Å². The van der Waals surface area contributed by atoms with Crippen LogP contribution in [0.1, 0.15) is 225 Å². The third kappa shape index (κ3) is 14.1. The molecule has 438 valence electrons. The van der Waals surface area contributed by atoms with Gasteiger partial charge in [-0.3, -0.25) is 0 Å². The van der Waals surface area contributed by atoms with Gasteiger partial charge in [-0.25, -0.2) is 0 Å². The number of benzene rings is 6. The van der Waals surface area contributed by atoms with Crippen molar-refractivity contribution in [1.82, 2.24) is 0 Å². The Morgan fingerprint density at radius 1 is 0.198 bits per heavy atom. The summed E-state index contributed by atoms with van der Waals surface area (Å²) in [5.74, 6) is 5.58. The molecule has 0 atom stereocenters. The lowest BCUT2D eigenvalue weighted by molar-refractivity contribution is 0.396. The van der Waals surface area contributed by atoms with Crippen LogP contribution < -0.4 is 28.4 Å². The highest BCUT2D eigenvalue weighted by molar-refractivity contribution is 5.59. The molecule has 0 saturated heterocycles. The zero-order valence-electron chi connectivity index (χ0n) is 54.7. The van der Waals surface area contributed by atoms with Gasteiger partial charge in [-0.2, -0.15) is 0 Å². The van der Waals surface area contributed by atoms with Gasteiger partial charge in [-0.15, -0.1) is 0 Å². The lowest BCUT2D eigenvalue weighted by Gasteiger charge is -2.27. The number of methoxy groups -OCH3 is 6. The van der Waals surface area contributed by atoms with Gasteiger partial charge in [0.1, 0.15) is 34.5 Å². The predicted molar refractivity (Wildman–Crippen MR) is 341 cm³/mol. The first-order valence-corrected chi connectivity index (χ1v) is 29.8. The minimum atomic E-state index is -0.115. The largest absolute Gasteiger partial charge is 0.496 e. The van der Waals surface area contributed by atoms with E-state index in [2.05, 4.69) is 197 Å². The van der Waals surface area contributed by atoms with E-state index >= 15 is 0 Å². The molecule has 6 aromatic carbocycles. The Kier molecular flexibility index (Phi) is 18.4. The smallest absolute Gasteiger partial charge is 0.125 e. The van der Waals surface area contributed by atoms with Crippen molar-refractivity contribution in [2.45, 2.75) is 215 Å². The van der Waals surface area contributed by atoms with Gasteiger partial charge in [0.05, 0.1) is 42.7 Å². The minimum absolute atomic E-state index is 0.115. The number of aryl methyl sites for hydroxylation is 6. The average Bonchev–Trinajstić information content (AvgIpc) is 3.49. The molecule has 0 saturated carbocycles. The molecule has 81 heavy (non-hydrogen) atoms. The second-order valence-electron chi connectivity index (χ2n) is 29.5. The van der Waals surface area contributed by atoms with Crippen LogP contribution in [0.3, 0.4) is 0 Å². The summed E-state index contributed by atoms with van der Waals surface area (Å²) in [6.07, 6.45) is 6.53. The molecule has 0 radical (unpaired) electrons. The van der Waals surface area contributed by atoms with E-state index in [-0.39, 0.29) is 32.5 Å². The Bertz CT molecular complexity index is 2670. The average molecular weight is 1100 g/mol. The molecule has 0 fully saturated rings. The molecular formula is C75H102O6. The molecule has 0 heterocycles. The standard InChI is InChI=1S/C75H102O6/c1-70(2,3)58-34-46-25-26-47-35-60(72(7,8)9)42-54(66(47)78-21)32-55-43-62(74(13,14)15)38-50(68(55)80-23)29-30-51-39-63(75(16,17)18)45-57(69(51)81-24)33-56-44-61(73(10,11)12)37-49(67(56)79-22)28-27-48-36-59(71(4,5)6)41-53(65(48)77-20)31-52(40-58)64(46)76-19/h34-45H,25-33H2,1-24H3. The molecule has 7 rings (SSSR count). The summed E-state index contributed by atoms with van der Waals surface area (Å²) in [7, 11) is 11.0. The fourth-order valence-corrected chi connectivity index (χ4v) is 12.0. The van der Waals surface area contributed by atoms with Crippen LogP contribution in [0, 0.1) is 0 Å². The summed E-state index contributed by atoms with van der Waals surface area (Å²) in [5, 5.41) is 0. The summed E-state index contributed by atoms with van der Waals surface area (Å²) < 4.78 is 39.5. The van der Waals surface area contributed by atoms with E-state index in [0.29, 0.717) is 19.3 Å². The zero-order chi connectivity index (χ0) is 59.9. The minimum Gasteiger partial charge on any atom is -0.496 e. The third-order valence-electron chi connectivity index (χ3n) is 17.0. The van der Waals surface area contributed by atoms with Gasteiger partial charge in [-0.1, -0.05) is 197 Å². The van der Waals surface area contributed by atoms with Crippen LogP contribution >= 0.6 is 0 Å². The van der Waals surface area contributed by atoms with Crippen LogP contribution in [-0.4, -0.2) is 42.7 Å². The molecular weight excluding hydrogens is 997 g/mol. The van der Waals surface area contributed by atoms with Crippen LogP contribution in [0.25, 0.3) is 0 Å². The van der Waals surface area contributed by atoms with E-state index in [0.717, 1.165) is 106 Å². The molecule has 0 aliphatic heterocycles. The number of hydrogen-bond donors (Lipinski definition) is 0. The van der Waals surface area contributed by atoms with Crippen LogP contribution in [0.4, 0.5) is 0 Å². The molecule has 0 aromatic heterocycles. The second kappa shape index (κ2) is 23.8. The third-order valence-corrected chi connectivity index (χ3v) is 17.0. The highest BCUT2D eigenvalue weighted by atomic mass is 16.5. The second-order valence-corrected chi connectivity index (χ2v) is 29.5. The van der Waals surface area contributed by atoms with Crippen molar-refractivity contribution < 1.29 is 28.4 Å². The molecule has 0 amide bonds. The predicted octanol–water partition coefficient (Wildman–Crippen LogP) is 18.0. The van der Waals surface area contributed by atoms with Crippen molar-refractivity contribution >= 4 is 0 Å². The van der Waals surface area contributed by atoms with Gasteiger partial charge in [-0.05, 0) is 171 Å². The Hall–Kier alpha value is -5.88. The monoisotopic (exact) mass is 1100 g/mol. The Balaban J connectivity index is 1.56. The molecule has 6 heteroatoms. The van der Waals surface area contributed by atoms with E-state index in [9.17, 15) is 0 Å². The van der Waals surface area contributed by atoms with E-state index in [1.165, 1.54) is 66.8 Å². The van der Waals surface area contributed by atoms with Crippen LogP contribution in [0.5, 0.6) is 34.5 Å². The zero-order valence-corrected chi connectivity index (χ0v) is 54.7. The van der Waals surface area contributed by atoms with Crippen LogP contribution in [-0.2, 0) is 90.3 Å². The van der Waals surface area contributed by atoms with E-state index in [1.54, 1.807) is 0 Å². The molecule has 0 unspecified atom stereocenters. The quantitative estimate of drug-likeness (QED) is 0.166. The Labute approximate surface area is 491 Å². The van der Waals surface area contributed by atoms with E-state index in [4.69, 9.17) is 28.4 Å². The first-order valence-electron chi connectivity index (χ1n) is 29.8. The van der Waals surface area contributed by atoms with Gasteiger partial charge in [0.25, 0.3) is 0 Å². The lowest BCUT2D eigenvalue weighted by atomic mass is 9.80. The SMILES string of the molecule is COc1c2cc(C(C)(C)C)cc1Cc1cc(C(C)(C)C)cc(c1OC)CCc1cc(C(C)(C)C)cc(c1OC)Cc1cc(C(C)(C)C)cc(c1OC)CCc1cc(C(C)(C)C)cc(c1OC)Cc1cc(C(C)(C)C)cc(c1OC)CC2. The molecule has 0 spiro atoms. The summed E-state index contributed by atoms with van der Waals surface area (Å²) >= 11 is 0. The summed E-state index contributed by atoms with van der Waals surface area (Å²) in [5.41, 5.74) is 21.1. The fraction of sp³-hybridized carbons (Fsp3) is 0.520. The Morgan fingerprint density at radius 3 is 0.407 bits per heavy atom. The Morgan fingerprint density at radius 2 is 0.309 bits per heavy atom. The van der Waals surface area contributed by atoms with Crippen molar-refractivity contribution in [2.24, 2.45) is 0 Å². The number of rotatable bonds is 6. The fourth-order valence-electron chi connectivity index (χ4n) is 12.0. The normalized spacial score (nSPS) is 14.2. The first-order chi connectivity index (χ1) is 37.6. The molecule has 6 aromatic rings. The highest BCUT2D eigenvalue weighted by Crippen LogP contribution is 2.44. The van der Waals surface area contributed by atoms with E-state index in [1.807, 2.05) is 42.7 Å². The van der Waals surface area contributed by atoms with Crippen molar-refractivity contribution in [3.05, 3.63) is 173 Å².